The van der Waals surface area contributed by atoms with Gasteiger partial charge in [0.25, 0.3) is 0 Å². The van der Waals surface area contributed by atoms with E-state index >= 15 is 0 Å². The molecule has 7 heteroatoms. The van der Waals surface area contributed by atoms with E-state index < -0.39 is 5.92 Å². The molecule has 0 N–H and O–H groups in total. The zero-order valence-electron chi connectivity index (χ0n) is 18.6. The van der Waals surface area contributed by atoms with Gasteiger partial charge in [-0.05, 0) is 23.6 Å². The van der Waals surface area contributed by atoms with E-state index in [2.05, 4.69) is 18.8 Å². The lowest BCUT2D eigenvalue weighted by atomic mass is 9.99. The standard InChI is InChI=1S/C25H29N3O4/c1-17(2)12-27-13-19(32-16-18-7-5-6-10-26-18)14-28(15-24(27)30)25(31)22-11-23(29)21-9-4-3-8-20(21)22/h3-10,17,19,22H,11-16H2,1-2H3. The van der Waals surface area contributed by atoms with Crippen LogP contribution >= 0.6 is 0 Å². The van der Waals surface area contributed by atoms with Gasteiger partial charge < -0.3 is 14.5 Å². The van der Waals surface area contributed by atoms with Crippen LogP contribution < -0.4 is 0 Å². The minimum atomic E-state index is -0.542. The molecular formula is C25H29N3O4. The van der Waals surface area contributed by atoms with Gasteiger partial charge in [0, 0.05) is 37.8 Å². The van der Waals surface area contributed by atoms with Crippen LogP contribution in [0.1, 0.15) is 47.8 Å². The van der Waals surface area contributed by atoms with Crippen molar-refractivity contribution >= 4 is 17.6 Å². The van der Waals surface area contributed by atoms with Gasteiger partial charge in [-0.3, -0.25) is 19.4 Å². The molecule has 1 fully saturated rings. The Morgan fingerprint density at radius 1 is 1.12 bits per heavy atom. The Balaban J connectivity index is 1.53. The Kier molecular flexibility index (Phi) is 6.65. The van der Waals surface area contributed by atoms with Crippen molar-refractivity contribution in [2.75, 3.05) is 26.2 Å². The molecule has 2 aliphatic rings. The van der Waals surface area contributed by atoms with Crippen molar-refractivity contribution in [1.82, 2.24) is 14.8 Å². The Bertz CT molecular complexity index is 992. The highest BCUT2D eigenvalue weighted by molar-refractivity contribution is 6.07. The van der Waals surface area contributed by atoms with E-state index in [0.29, 0.717) is 37.7 Å². The third kappa shape index (κ3) is 4.88. The van der Waals surface area contributed by atoms with Crippen molar-refractivity contribution in [3.63, 3.8) is 0 Å². The summed E-state index contributed by atoms with van der Waals surface area (Å²) in [7, 11) is 0. The van der Waals surface area contributed by atoms with E-state index in [1.807, 2.05) is 36.4 Å². The van der Waals surface area contributed by atoms with Gasteiger partial charge >= 0.3 is 0 Å². The first-order chi connectivity index (χ1) is 15.4. The smallest absolute Gasteiger partial charge is 0.242 e. The second-order valence-electron chi connectivity index (χ2n) is 8.93. The van der Waals surface area contributed by atoms with Gasteiger partial charge in [0.1, 0.15) is 0 Å². The molecule has 32 heavy (non-hydrogen) atoms. The second-order valence-corrected chi connectivity index (χ2v) is 8.93. The van der Waals surface area contributed by atoms with Gasteiger partial charge in [0.15, 0.2) is 5.78 Å². The summed E-state index contributed by atoms with van der Waals surface area (Å²) in [6.45, 7) is 5.77. The molecule has 2 heterocycles. The summed E-state index contributed by atoms with van der Waals surface area (Å²) in [4.78, 5) is 46.6. The molecule has 0 bridgehead atoms. The lowest BCUT2D eigenvalue weighted by Crippen LogP contribution is -2.42. The number of rotatable bonds is 6. The van der Waals surface area contributed by atoms with E-state index in [4.69, 9.17) is 4.74 Å². The molecule has 0 spiro atoms. The van der Waals surface area contributed by atoms with E-state index in [9.17, 15) is 14.4 Å². The molecule has 0 saturated carbocycles. The minimum absolute atomic E-state index is 0.00184. The van der Waals surface area contributed by atoms with Crippen LogP contribution in [0.3, 0.4) is 0 Å². The van der Waals surface area contributed by atoms with Crippen LogP contribution in [0.2, 0.25) is 0 Å². The Hall–Kier alpha value is -3.06. The van der Waals surface area contributed by atoms with Crippen molar-refractivity contribution in [2.45, 2.75) is 38.9 Å². The van der Waals surface area contributed by atoms with Gasteiger partial charge in [-0.15, -0.1) is 0 Å². The summed E-state index contributed by atoms with van der Waals surface area (Å²) in [6, 6.07) is 12.9. The first kappa shape index (κ1) is 22.1. The topological polar surface area (TPSA) is 79.8 Å². The number of pyridine rings is 1. The highest BCUT2D eigenvalue weighted by Gasteiger charge is 2.39. The number of hydrogen-bond donors (Lipinski definition) is 0. The van der Waals surface area contributed by atoms with Crippen LogP contribution in [-0.2, 0) is 20.9 Å². The van der Waals surface area contributed by atoms with Crippen LogP contribution in [0.15, 0.2) is 48.7 Å². The fourth-order valence-electron chi connectivity index (χ4n) is 4.46. The molecular weight excluding hydrogens is 406 g/mol. The zero-order chi connectivity index (χ0) is 22.7. The Morgan fingerprint density at radius 3 is 2.66 bits per heavy atom. The van der Waals surface area contributed by atoms with Gasteiger partial charge in [0.2, 0.25) is 11.8 Å². The molecule has 1 aromatic carbocycles. The average Bonchev–Trinajstić information content (AvgIpc) is 3.04. The predicted octanol–water partition coefficient (Wildman–Crippen LogP) is 2.66. The molecule has 0 radical (unpaired) electrons. The molecule has 7 nitrogen and oxygen atoms in total. The maximum absolute atomic E-state index is 13.5. The maximum atomic E-state index is 13.5. The summed E-state index contributed by atoms with van der Waals surface area (Å²) in [5.41, 5.74) is 2.16. The molecule has 2 aromatic rings. The number of ether oxygens (including phenoxy) is 1. The quantitative estimate of drug-likeness (QED) is 0.697. The summed E-state index contributed by atoms with van der Waals surface area (Å²) in [5, 5.41) is 0. The van der Waals surface area contributed by atoms with Crippen molar-refractivity contribution in [2.24, 2.45) is 5.92 Å². The van der Waals surface area contributed by atoms with Gasteiger partial charge in [-0.25, -0.2) is 0 Å². The SMILES string of the molecule is CC(C)CN1CC(OCc2ccccn2)CN(C(=O)C2CC(=O)c3ccccc32)CC1=O. The van der Waals surface area contributed by atoms with Gasteiger partial charge in [-0.1, -0.05) is 44.2 Å². The van der Waals surface area contributed by atoms with Crippen LogP contribution in [0.4, 0.5) is 0 Å². The van der Waals surface area contributed by atoms with E-state index in [1.54, 1.807) is 22.1 Å². The van der Waals surface area contributed by atoms with Crippen LogP contribution in [0.5, 0.6) is 0 Å². The molecule has 4 rings (SSSR count). The Labute approximate surface area is 188 Å². The number of Topliss-reactive ketones (excluding diaryl/α,β-unsaturated/α-hetero) is 1. The third-order valence-corrected chi connectivity index (χ3v) is 5.94. The summed E-state index contributed by atoms with van der Waals surface area (Å²) >= 11 is 0. The number of carbonyl (C=O) groups is 3. The fourth-order valence-corrected chi connectivity index (χ4v) is 4.46. The molecule has 1 aromatic heterocycles. The molecule has 1 aliphatic carbocycles. The monoisotopic (exact) mass is 435 g/mol. The zero-order valence-corrected chi connectivity index (χ0v) is 18.6. The van der Waals surface area contributed by atoms with Crippen LogP contribution in [0.25, 0.3) is 0 Å². The summed E-state index contributed by atoms with van der Waals surface area (Å²) < 4.78 is 6.13. The number of hydrogen-bond acceptors (Lipinski definition) is 5. The predicted molar refractivity (Wildman–Crippen MR) is 119 cm³/mol. The second kappa shape index (κ2) is 9.61. The van der Waals surface area contributed by atoms with Crippen LogP contribution in [0, 0.1) is 5.92 Å². The largest absolute Gasteiger partial charge is 0.368 e. The van der Waals surface area contributed by atoms with Crippen molar-refractivity contribution in [3.8, 4) is 0 Å². The molecule has 2 atom stereocenters. The van der Waals surface area contributed by atoms with Gasteiger partial charge in [0.05, 0.1) is 30.9 Å². The highest BCUT2D eigenvalue weighted by Crippen LogP contribution is 2.34. The van der Waals surface area contributed by atoms with E-state index in [0.717, 1.165) is 11.3 Å². The molecule has 2 amide bonds. The third-order valence-electron chi connectivity index (χ3n) is 5.94. The maximum Gasteiger partial charge on any atom is 0.242 e. The summed E-state index contributed by atoms with van der Waals surface area (Å²) in [6.07, 6.45) is 1.53. The first-order valence-corrected chi connectivity index (χ1v) is 11.1. The van der Waals surface area contributed by atoms with Crippen molar-refractivity contribution in [3.05, 3.63) is 65.5 Å². The number of nitrogens with zero attached hydrogens (tertiary/aromatic N) is 3. The van der Waals surface area contributed by atoms with E-state index in [-0.39, 0.29) is 36.7 Å². The lowest BCUT2D eigenvalue weighted by Gasteiger charge is -2.26. The van der Waals surface area contributed by atoms with Crippen molar-refractivity contribution in [1.29, 1.82) is 0 Å². The molecule has 168 valence electrons. The lowest BCUT2D eigenvalue weighted by molar-refractivity contribution is -0.139. The Morgan fingerprint density at radius 2 is 1.91 bits per heavy atom. The minimum Gasteiger partial charge on any atom is -0.368 e. The molecule has 1 saturated heterocycles. The van der Waals surface area contributed by atoms with Crippen molar-refractivity contribution < 1.29 is 19.1 Å². The normalized spacial score (nSPS) is 21.1. The summed E-state index contributed by atoms with van der Waals surface area (Å²) in [5.74, 6) is -0.538. The van der Waals surface area contributed by atoms with Crippen LogP contribution in [-0.4, -0.2) is 64.7 Å². The highest BCUT2D eigenvalue weighted by atomic mass is 16.5. The van der Waals surface area contributed by atoms with E-state index in [1.165, 1.54) is 0 Å². The first-order valence-electron chi connectivity index (χ1n) is 11.1. The molecule has 2 unspecified atom stereocenters. The average molecular weight is 436 g/mol. The number of amides is 2. The number of carbonyl (C=O) groups excluding carboxylic acids is 3. The fraction of sp³-hybridized carbons (Fsp3) is 0.440. The number of ketones is 1. The number of aromatic nitrogens is 1. The molecule has 1 aliphatic heterocycles. The number of benzene rings is 1. The number of fused-ring (bicyclic) bond motifs is 1. The van der Waals surface area contributed by atoms with Gasteiger partial charge in [-0.2, -0.15) is 0 Å².